The SMILES string of the molecule is Cc1ccc(S(=O)(=O)n2nc(C)c(S(=O)(=O)C(F)(F)F)c2-c2ccccc2)cc1. The molecule has 0 aliphatic carbocycles. The molecular weight excluding hydrogens is 429 g/mol. The molecule has 2 aromatic carbocycles. The molecule has 6 nitrogen and oxygen atoms in total. The van der Waals surface area contributed by atoms with Gasteiger partial charge in [-0.05, 0) is 26.0 Å². The monoisotopic (exact) mass is 444 g/mol. The molecule has 1 heterocycles. The summed E-state index contributed by atoms with van der Waals surface area (Å²) in [5.74, 6) is 0. The first kappa shape index (κ1) is 21.1. The third kappa shape index (κ3) is 3.55. The van der Waals surface area contributed by atoms with Crippen molar-refractivity contribution >= 4 is 19.9 Å². The summed E-state index contributed by atoms with van der Waals surface area (Å²) >= 11 is 0. The van der Waals surface area contributed by atoms with E-state index in [4.69, 9.17) is 0 Å². The van der Waals surface area contributed by atoms with E-state index in [-0.39, 0.29) is 10.5 Å². The van der Waals surface area contributed by atoms with Crippen molar-refractivity contribution in [2.75, 3.05) is 0 Å². The summed E-state index contributed by atoms with van der Waals surface area (Å²) in [6.45, 7) is 2.75. The predicted octanol–water partition coefficient (Wildman–Crippen LogP) is 3.70. The number of aromatic nitrogens is 2. The maximum atomic E-state index is 13.3. The van der Waals surface area contributed by atoms with E-state index in [0.717, 1.165) is 12.5 Å². The van der Waals surface area contributed by atoms with Gasteiger partial charge in [-0.15, -0.1) is 0 Å². The second-order valence-corrected chi connectivity index (χ2v) is 9.88. The number of nitrogens with zero attached hydrogens (tertiary/aromatic N) is 2. The zero-order chi connectivity index (χ0) is 21.6. The van der Waals surface area contributed by atoms with Gasteiger partial charge in [-0.2, -0.15) is 30.8 Å². The fourth-order valence-corrected chi connectivity index (χ4v) is 5.27. The number of halogens is 3. The Morgan fingerprint density at radius 3 is 1.93 bits per heavy atom. The van der Waals surface area contributed by atoms with Gasteiger partial charge in [0.15, 0.2) is 0 Å². The van der Waals surface area contributed by atoms with Crippen molar-refractivity contribution in [3.63, 3.8) is 0 Å². The van der Waals surface area contributed by atoms with Gasteiger partial charge in [0.25, 0.3) is 19.9 Å². The van der Waals surface area contributed by atoms with E-state index in [1.807, 2.05) is 0 Å². The summed E-state index contributed by atoms with van der Waals surface area (Å²) in [5, 5.41) is 3.69. The quantitative estimate of drug-likeness (QED) is 0.613. The average Bonchev–Trinajstić information content (AvgIpc) is 3.00. The normalized spacial score (nSPS) is 12.9. The van der Waals surface area contributed by atoms with Crippen LogP contribution < -0.4 is 0 Å². The number of aryl methyl sites for hydroxylation is 2. The van der Waals surface area contributed by atoms with Gasteiger partial charge in [0.2, 0.25) is 0 Å². The van der Waals surface area contributed by atoms with Crippen LogP contribution in [0.3, 0.4) is 0 Å². The van der Waals surface area contributed by atoms with Crippen molar-refractivity contribution in [1.82, 2.24) is 9.19 Å². The molecule has 0 fully saturated rings. The van der Waals surface area contributed by atoms with Crippen LogP contribution >= 0.6 is 0 Å². The van der Waals surface area contributed by atoms with Gasteiger partial charge in [0.05, 0.1) is 10.6 Å². The van der Waals surface area contributed by atoms with Gasteiger partial charge >= 0.3 is 5.51 Å². The fraction of sp³-hybridized carbons (Fsp3) is 0.167. The molecule has 0 saturated heterocycles. The van der Waals surface area contributed by atoms with Crippen LogP contribution in [0.25, 0.3) is 11.3 Å². The van der Waals surface area contributed by atoms with Crippen molar-refractivity contribution in [2.24, 2.45) is 0 Å². The molecule has 154 valence electrons. The van der Waals surface area contributed by atoms with Crippen LogP contribution in [-0.4, -0.2) is 31.5 Å². The molecule has 0 N–H and O–H groups in total. The third-order valence-corrected chi connectivity index (χ3v) is 7.37. The van der Waals surface area contributed by atoms with E-state index < -0.39 is 41.7 Å². The lowest BCUT2D eigenvalue weighted by molar-refractivity contribution is -0.0436. The Morgan fingerprint density at radius 1 is 0.862 bits per heavy atom. The molecule has 11 heteroatoms. The Morgan fingerprint density at radius 2 is 1.41 bits per heavy atom. The van der Waals surface area contributed by atoms with E-state index in [1.165, 1.54) is 48.5 Å². The highest BCUT2D eigenvalue weighted by Crippen LogP contribution is 2.39. The van der Waals surface area contributed by atoms with Crippen LogP contribution in [0.4, 0.5) is 13.2 Å². The highest BCUT2D eigenvalue weighted by Gasteiger charge is 2.51. The van der Waals surface area contributed by atoms with Gasteiger partial charge < -0.3 is 0 Å². The van der Waals surface area contributed by atoms with Gasteiger partial charge in [0, 0.05) is 5.56 Å². The van der Waals surface area contributed by atoms with E-state index >= 15 is 0 Å². The van der Waals surface area contributed by atoms with Crippen LogP contribution in [0.1, 0.15) is 11.3 Å². The zero-order valence-electron chi connectivity index (χ0n) is 15.2. The summed E-state index contributed by atoms with van der Waals surface area (Å²) < 4.78 is 90.9. The second-order valence-electron chi connectivity index (χ2n) is 6.24. The highest BCUT2D eigenvalue weighted by atomic mass is 32.2. The lowest BCUT2D eigenvalue weighted by Crippen LogP contribution is -2.24. The van der Waals surface area contributed by atoms with E-state index in [0.29, 0.717) is 4.09 Å². The predicted molar refractivity (Wildman–Crippen MR) is 99.4 cm³/mol. The average molecular weight is 444 g/mol. The lowest BCUT2D eigenvalue weighted by atomic mass is 10.1. The molecule has 0 aliphatic heterocycles. The van der Waals surface area contributed by atoms with Gasteiger partial charge in [-0.3, -0.25) is 0 Å². The number of sulfone groups is 1. The third-order valence-electron chi connectivity index (χ3n) is 4.14. The van der Waals surface area contributed by atoms with E-state index in [1.54, 1.807) is 13.0 Å². The minimum atomic E-state index is -5.86. The fourth-order valence-electron chi connectivity index (χ4n) is 2.75. The molecule has 0 radical (unpaired) electrons. The van der Waals surface area contributed by atoms with Crippen LogP contribution in [0, 0.1) is 13.8 Å². The topological polar surface area (TPSA) is 86.1 Å². The van der Waals surface area contributed by atoms with E-state index in [2.05, 4.69) is 5.10 Å². The Labute approximate surface area is 165 Å². The molecule has 29 heavy (non-hydrogen) atoms. The minimum Gasteiger partial charge on any atom is -0.214 e. The number of alkyl halides is 3. The molecule has 0 saturated carbocycles. The maximum Gasteiger partial charge on any atom is 0.502 e. The van der Waals surface area contributed by atoms with Crippen molar-refractivity contribution in [1.29, 1.82) is 0 Å². The maximum absolute atomic E-state index is 13.3. The molecule has 3 aromatic rings. The Bertz CT molecular complexity index is 1260. The number of benzene rings is 2. The number of hydrogen-bond acceptors (Lipinski definition) is 5. The summed E-state index contributed by atoms with van der Waals surface area (Å²) in [5.41, 5.74) is -6.13. The molecule has 0 unspecified atom stereocenters. The molecule has 3 rings (SSSR count). The van der Waals surface area contributed by atoms with Crippen molar-refractivity contribution < 1.29 is 30.0 Å². The molecule has 0 aliphatic rings. The highest BCUT2D eigenvalue weighted by molar-refractivity contribution is 7.92. The number of rotatable bonds is 4. The zero-order valence-corrected chi connectivity index (χ0v) is 16.8. The molecule has 0 spiro atoms. The molecule has 1 aromatic heterocycles. The number of hydrogen-bond donors (Lipinski definition) is 0. The van der Waals surface area contributed by atoms with E-state index in [9.17, 15) is 30.0 Å². The van der Waals surface area contributed by atoms with Crippen molar-refractivity contribution in [3.05, 3.63) is 65.9 Å². The standard InChI is InChI=1S/C18H15F3N2O4S2/c1-12-8-10-15(11-9-12)29(26,27)23-16(14-6-4-3-5-7-14)17(13(2)22-23)28(24,25)18(19,20)21/h3-11H,1-2H3. The second kappa shape index (κ2) is 6.99. The summed E-state index contributed by atoms with van der Waals surface area (Å²) in [4.78, 5) is -1.43. The van der Waals surface area contributed by atoms with Gasteiger partial charge in [-0.25, -0.2) is 8.42 Å². The van der Waals surface area contributed by atoms with Crippen LogP contribution in [-0.2, 0) is 19.9 Å². The first-order valence-corrected chi connectivity index (χ1v) is 11.1. The summed E-state index contributed by atoms with van der Waals surface area (Å²) in [6.07, 6.45) is 0. The first-order chi connectivity index (χ1) is 13.4. The molecular formula is C18H15F3N2O4S2. The Kier molecular flexibility index (Phi) is 5.08. The van der Waals surface area contributed by atoms with Crippen molar-refractivity contribution in [3.8, 4) is 11.3 Å². The van der Waals surface area contributed by atoms with Gasteiger partial charge in [-0.1, -0.05) is 48.0 Å². The molecule has 0 atom stereocenters. The first-order valence-electron chi connectivity index (χ1n) is 8.16. The van der Waals surface area contributed by atoms with Crippen LogP contribution in [0.5, 0.6) is 0 Å². The Balaban J connectivity index is 2.41. The van der Waals surface area contributed by atoms with Gasteiger partial charge in [0.1, 0.15) is 10.6 Å². The molecule has 0 bridgehead atoms. The summed E-state index contributed by atoms with van der Waals surface area (Å²) in [7, 11) is -10.3. The molecule has 0 amide bonds. The lowest BCUT2D eigenvalue weighted by Gasteiger charge is -2.12. The minimum absolute atomic E-state index is 0.0355. The summed E-state index contributed by atoms with van der Waals surface area (Å²) in [6, 6.07) is 12.7. The van der Waals surface area contributed by atoms with Crippen LogP contribution in [0.2, 0.25) is 0 Å². The van der Waals surface area contributed by atoms with Crippen LogP contribution in [0.15, 0.2) is 64.4 Å². The smallest absolute Gasteiger partial charge is 0.214 e. The van der Waals surface area contributed by atoms with Crippen molar-refractivity contribution in [2.45, 2.75) is 29.1 Å². The largest absolute Gasteiger partial charge is 0.502 e. The Hall–Kier alpha value is -2.66.